The number of hydrogen-bond donors (Lipinski definition) is 1. The lowest BCUT2D eigenvalue weighted by atomic mass is 9.93. The molecule has 0 radical (unpaired) electrons. The van der Waals surface area contributed by atoms with Gasteiger partial charge in [-0.2, -0.15) is 4.68 Å². The molecule has 21 heavy (non-hydrogen) atoms. The van der Waals surface area contributed by atoms with E-state index in [9.17, 15) is 19.7 Å². The van der Waals surface area contributed by atoms with Gasteiger partial charge in [-0.25, -0.2) is 0 Å². The van der Waals surface area contributed by atoms with Gasteiger partial charge in [-0.1, -0.05) is 0 Å². The van der Waals surface area contributed by atoms with Crippen LogP contribution in [0.2, 0.25) is 0 Å². The summed E-state index contributed by atoms with van der Waals surface area (Å²) >= 11 is 0. The van der Waals surface area contributed by atoms with Crippen LogP contribution in [-0.2, 0) is 16.1 Å². The second-order valence-electron chi connectivity index (χ2n) is 5.14. The minimum Gasteiger partial charge on any atom is -0.481 e. The molecule has 1 aromatic heterocycles. The lowest BCUT2D eigenvalue weighted by Crippen LogP contribution is -2.48. The zero-order valence-corrected chi connectivity index (χ0v) is 11.5. The number of carboxylic acids is 1. The molecule has 1 amide bonds. The molecular formula is C12H16N4O5. The smallest absolute Gasteiger partial charge is 0.389 e. The summed E-state index contributed by atoms with van der Waals surface area (Å²) in [6, 6.07) is 1.17. The number of aliphatic carboxylic acids is 1. The molecule has 0 aromatic carbocycles. The Labute approximate surface area is 120 Å². The normalized spacial score (nSPS) is 22.0. The third-order valence-corrected chi connectivity index (χ3v) is 3.66. The van der Waals surface area contributed by atoms with E-state index in [-0.39, 0.29) is 30.9 Å². The van der Waals surface area contributed by atoms with E-state index in [1.54, 1.807) is 0 Å². The van der Waals surface area contributed by atoms with Gasteiger partial charge in [0.2, 0.25) is 5.91 Å². The summed E-state index contributed by atoms with van der Waals surface area (Å²) in [6.45, 7) is 1.89. The minimum atomic E-state index is -0.908. The molecule has 9 heteroatoms. The molecule has 1 saturated heterocycles. The average Bonchev–Trinajstić information content (AvgIpc) is 2.87. The number of aromatic nitrogens is 2. The molecule has 2 rings (SSSR count). The van der Waals surface area contributed by atoms with Crippen LogP contribution in [0.25, 0.3) is 0 Å². The summed E-state index contributed by atoms with van der Waals surface area (Å²) in [4.78, 5) is 34.7. The Morgan fingerprint density at radius 3 is 2.81 bits per heavy atom. The van der Waals surface area contributed by atoms with Crippen molar-refractivity contribution in [3.05, 3.63) is 22.4 Å². The lowest BCUT2D eigenvalue weighted by Gasteiger charge is -2.36. The average molecular weight is 296 g/mol. The predicted octanol–water partition coefficient (Wildman–Crippen LogP) is 0.503. The third-order valence-electron chi connectivity index (χ3n) is 3.66. The van der Waals surface area contributed by atoms with Crippen LogP contribution in [0.4, 0.5) is 5.82 Å². The third kappa shape index (κ3) is 3.36. The maximum Gasteiger partial charge on any atom is 0.389 e. The van der Waals surface area contributed by atoms with E-state index >= 15 is 0 Å². The number of hydrogen-bond acceptors (Lipinski definition) is 5. The first-order valence-corrected chi connectivity index (χ1v) is 6.58. The topological polar surface area (TPSA) is 119 Å². The van der Waals surface area contributed by atoms with Gasteiger partial charge in [0.15, 0.2) is 0 Å². The molecule has 1 aliphatic heterocycles. The summed E-state index contributed by atoms with van der Waals surface area (Å²) in [5, 5.41) is 23.3. The van der Waals surface area contributed by atoms with Gasteiger partial charge < -0.3 is 20.1 Å². The molecule has 1 fully saturated rings. The van der Waals surface area contributed by atoms with Crippen molar-refractivity contribution < 1.29 is 19.6 Å². The Bertz CT molecular complexity index is 570. The number of nitrogens with zero attached hydrogens (tertiary/aromatic N) is 4. The molecule has 0 bridgehead atoms. The molecule has 1 aliphatic rings. The van der Waals surface area contributed by atoms with Gasteiger partial charge in [0, 0.05) is 12.6 Å². The standard InChI is InChI=1S/C12H16N4O5/c1-8-2-3-9(12(18)19)6-15(8)11(17)7-14-5-4-10(13-14)16(20)21/h4-5,8-9H,2-3,6-7H2,1H3,(H,18,19). The van der Waals surface area contributed by atoms with Crippen LogP contribution < -0.4 is 0 Å². The summed E-state index contributed by atoms with van der Waals surface area (Å²) < 4.78 is 1.19. The summed E-state index contributed by atoms with van der Waals surface area (Å²) in [7, 11) is 0. The van der Waals surface area contributed by atoms with Gasteiger partial charge in [-0.05, 0) is 24.7 Å². The Hall–Kier alpha value is -2.45. The first-order valence-electron chi connectivity index (χ1n) is 6.58. The first kappa shape index (κ1) is 14.9. The van der Waals surface area contributed by atoms with Crippen molar-refractivity contribution in [2.45, 2.75) is 32.4 Å². The molecule has 9 nitrogen and oxygen atoms in total. The second kappa shape index (κ2) is 5.90. The minimum absolute atomic E-state index is 0.0429. The molecule has 114 valence electrons. The van der Waals surface area contributed by atoms with E-state index in [0.29, 0.717) is 12.8 Å². The maximum atomic E-state index is 12.2. The molecular weight excluding hydrogens is 280 g/mol. The van der Waals surface area contributed by atoms with Crippen molar-refractivity contribution >= 4 is 17.7 Å². The van der Waals surface area contributed by atoms with E-state index in [0.717, 1.165) is 0 Å². The number of piperidine rings is 1. The van der Waals surface area contributed by atoms with Crippen molar-refractivity contribution in [2.75, 3.05) is 6.54 Å². The number of carbonyl (C=O) groups is 2. The maximum absolute atomic E-state index is 12.2. The highest BCUT2D eigenvalue weighted by atomic mass is 16.6. The summed E-state index contributed by atoms with van der Waals surface area (Å²) in [6.07, 6.45) is 2.54. The Morgan fingerprint density at radius 1 is 1.52 bits per heavy atom. The highest BCUT2D eigenvalue weighted by molar-refractivity contribution is 5.78. The number of rotatable bonds is 4. The highest BCUT2D eigenvalue weighted by Gasteiger charge is 2.32. The van der Waals surface area contributed by atoms with Crippen LogP contribution in [0.15, 0.2) is 12.3 Å². The Balaban J connectivity index is 2.03. The van der Waals surface area contributed by atoms with Crippen molar-refractivity contribution in [3.8, 4) is 0 Å². The molecule has 1 N–H and O–H groups in total. The molecule has 1 aromatic rings. The fourth-order valence-corrected chi connectivity index (χ4v) is 2.42. The number of likely N-dealkylation sites (tertiary alicyclic amines) is 1. The van der Waals surface area contributed by atoms with E-state index in [2.05, 4.69) is 5.10 Å². The largest absolute Gasteiger partial charge is 0.481 e. The van der Waals surface area contributed by atoms with Crippen LogP contribution in [0.3, 0.4) is 0 Å². The van der Waals surface area contributed by atoms with E-state index in [1.807, 2.05) is 6.92 Å². The Kier molecular flexibility index (Phi) is 4.20. The van der Waals surface area contributed by atoms with E-state index < -0.39 is 16.8 Å². The van der Waals surface area contributed by atoms with Crippen molar-refractivity contribution in [2.24, 2.45) is 5.92 Å². The van der Waals surface area contributed by atoms with Crippen LogP contribution in [0, 0.1) is 16.0 Å². The number of carboxylic acid groups (broad SMARTS) is 1. The van der Waals surface area contributed by atoms with Gasteiger partial charge in [-0.15, -0.1) is 0 Å². The van der Waals surface area contributed by atoms with Crippen LogP contribution in [-0.4, -0.2) is 49.2 Å². The van der Waals surface area contributed by atoms with Gasteiger partial charge >= 0.3 is 11.8 Å². The quantitative estimate of drug-likeness (QED) is 0.638. The lowest BCUT2D eigenvalue weighted by molar-refractivity contribution is -0.389. The molecule has 0 aliphatic carbocycles. The molecule has 2 heterocycles. The van der Waals surface area contributed by atoms with E-state index in [4.69, 9.17) is 5.11 Å². The van der Waals surface area contributed by atoms with Gasteiger partial charge in [0.1, 0.15) is 6.54 Å². The highest BCUT2D eigenvalue weighted by Crippen LogP contribution is 2.22. The van der Waals surface area contributed by atoms with Crippen LogP contribution >= 0.6 is 0 Å². The predicted molar refractivity (Wildman–Crippen MR) is 70.4 cm³/mol. The number of nitro groups is 1. The van der Waals surface area contributed by atoms with Crippen molar-refractivity contribution in [3.63, 3.8) is 0 Å². The van der Waals surface area contributed by atoms with Gasteiger partial charge in [-0.3, -0.25) is 9.59 Å². The zero-order chi connectivity index (χ0) is 15.6. The van der Waals surface area contributed by atoms with Gasteiger partial charge in [0.25, 0.3) is 0 Å². The monoisotopic (exact) mass is 296 g/mol. The fourth-order valence-electron chi connectivity index (χ4n) is 2.42. The fraction of sp³-hybridized carbons (Fsp3) is 0.583. The number of amides is 1. The summed E-state index contributed by atoms with van der Waals surface area (Å²) in [5.74, 6) is -2.07. The van der Waals surface area contributed by atoms with Crippen molar-refractivity contribution in [1.29, 1.82) is 0 Å². The van der Waals surface area contributed by atoms with Crippen molar-refractivity contribution in [1.82, 2.24) is 14.7 Å². The van der Waals surface area contributed by atoms with Crippen LogP contribution in [0.5, 0.6) is 0 Å². The van der Waals surface area contributed by atoms with E-state index in [1.165, 1.54) is 21.8 Å². The van der Waals surface area contributed by atoms with Gasteiger partial charge in [0.05, 0.1) is 23.3 Å². The summed E-state index contributed by atoms with van der Waals surface area (Å²) in [5.41, 5.74) is 0. The molecule has 0 saturated carbocycles. The Morgan fingerprint density at radius 2 is 2.24 bits per heavy atom. The van der Waals surface area contributed by atoms with Crippen LogP contribution in [0.1, 0.15) is 19.8 Å². The zero-order valence-electron chi connectivity index (χ0n) is 11.5. The first-order chi connectivity index (χ1) is 9.88. The SMILES string of the molecule is CC1CCC(C(=O)O)CN1C(=O)Cn1ccc([N+](=O)[O-])n1. The molecule has 2 atom stereocenters. The second-order valence-corrected chi connectivity index (χ2v) is 5.14. The number of carbonyl (C=O) groups excluding carboxylic acids is 1. The molecule has 0 spiro atoms. The molecule has 2 unspecified atom stereocenters.